The van der Waals surface area contributed by atoms with Crippen LogP contribution in [0.15, 0.2) is 36.4 Å². The van der Waals surface area contributed by atoms with Gasteiger partial charge in [0.1, 0.15) is 0 Å². The van der Waals surface area contributed by atoms with Gasteiger partial charge in [-0.3, -0.25) is 4.79 Å². The number of carbonyl (C=O) groups is 1. The molecule has 124 valence electrons. The second kappa shape index (κ2) is 7.92. The molecule has 0 unspecified atom stereocenters. The predicted molar refractivity (Wildman–Crippen MR) is 92.1 cm³/mol. The number of carbonyl (C=O) groups excluding carboxylic acids is 1. The van der Waals surface area contributed by atoms with Crippen molar-refractivity contribution in [1.29, 1.82) is 0 Å². The lowest BCUT2D eigenvalue weighted by atomic mass is 10.2. The molecule has 2 rings (SSSR count). The summed E-state index contributed by atoms with van der Waals surface area (Å²) in [5, 5.41) is 4.26. The summed E-state index contributed by atoms with van der Waals surface area (Å²) in [7, 11) is 2.01. The average molecular weight is 315 g/mol. The second-order valence-corrected chi connectivity index (χ2v) is 5.73. The summed E-state index contributed by atoms with van der Waals surface area (Å²) in [4.78, 5) is 14.6. The fraction of sp³-hybridized carbons (Fsp3) is 0.444. The smallest absolute Gasteiger partial charge is 0.249 e. The van der Waals surface area contributed by atoms with Gasteiger partial charge in [0.15, 0.2) is 0 Å². The van der Waals surface area contributed by atoms with Gasteiger partial charge in [0.05, 0.1) is 18.2 Å². The highest BCUT2D eigenvalue weighted by Gasteiger charge is 2.19. The maximum Gasteiger partial charge on any atom is 0.249 e. The summed E-state index contributed by atoms with van der Waals surface area (Å²) >= 11 is 0. The number of aryl methyl sites for hydroxylation is 2. The highest BCUT2D eigenvalue weighted by molar-refractivity contribution is 5.79. The molecular formula is C18H25N3O2. The monoisotopic (exact) mass is 315 g/mol. The van der Waals surface area contributed by atoms with Gasteiger partial charge in [0.25, 0.3) is 0 Å². The molecule has 1 atom stereocenters. The van der Waals surface area contributed by atoms with Gasteiger partial charge in [0.2, 0.25) is 5.91 Å². The first kappa shape index (κ1) is 17.2. The molecule has 0 N–H and O–H groups in total. The molecule has 0 saturated heterocycles. The number of para-hydroxylation sites is 1. The van der Waals surface area contributed by atoms with Gasteiger partial charge in [0, 0.05) is 31.6 Å². The van der Waals surface area contributed by atoms with Gasteiger partial charge >= 0.3 is 0 Å². The van der Waals surface area contributed by atoms with E-state index in [-0.39, 0.29) is 12.0 Å². The van der Waals surface area contributed by atoms with Crippen molar-refractivity contribution in [2.75, 3.05) is 25.1 Å². The Bertz CT molecular complexity index is 637. The average Bonchev–Trinajstić information content (AvgIpc) is 2.87. The fourth-order valence-electron chi connectivity index (χ4n) is 2.67. The topological polar surface area (TPSA) is 47.4 Å². The Balaban J connectivity index is 2.03. The van der Waals surface area contributed by atoms with E-state index >= 15 is 0 Å². The third-order valence-electron chi connectivity index (χ3n) is 3.72. The fourth-order valence-corrected chi connectivity index (χ4v) is 2.67. The van der Waals surface area contributed by atoms with Crippen LogP contribution in [0.25, 0.3) is 0 Å². The third kappa shape index (κ3) is 4.66. The molecule has 0 spiro atoms. The van der Waals surface area contributed by atoms with E-state index < -0.39 is 0 Å². The van der Waals surface area contributed by atoms with Crippen molar-refractivity contribution in [3.63, 3.8) is 0 Å². The predicted octanol–water partition coefficient (Wildman–Crippen LogP) is 3.07. The lowest BCUT2D eigenvalue weighted by Crippen LogP contribution is -2.34. The van der Waals surface area contributed by atoms with Crippen molar-refractivity contribution >= 4 is 11.6 Å². The summed E-state index contributed by atoms with van der Waals surface area (Å²) in [6.07, 6.45) is 0.147. The molecule has 0 aliphatic heterocycles. The van der Waals surface area contributed by atoms with Crippen LogP contribution in [0.1, 0.15) is 29.5 Å². The van der Waals surface area contributed by atoms with Crippen molar-refractivity contribution in [2.24, 2.45) is 0 Å². The van der Waals surface area contributed by atoms with E-state index in [4.69, 9.17) is 4.74 Å². The Kier molecular flexibility index (Phi) is 5.93. The first-order chi connectivity index (χ1) is 11.0. The third-order valence-corrected chi connectivity index (χ3v) is 3.72. The van der Waals surface area contributed by atoms with Gasteiger partial charge in [-0.2, -0.15) is 5.10 Å². The van der Waals surface area contributed by atoms with Gasteiger partial charge in [-0.05, 0) is 39.0 Å². The first-order valence-corrected chi connectivity index (χ1v) is 7.95. The lowest BCUT2D eigenvalue weighted by molar-refractivity contribution is 0.0500. The molecule has 0 aliphatic rings. The number of likely N-dealkylation sites (N-methyl/N-ethyl adjacent to an activating group) is 1. The molecule has 2 aromatic rings. The number of hydrogen-bond donors (Lipinski definition) is 0. The first-order valence-electron chi connectivity index (χ1n) is 7.95. The highest BCUT2D eigenvalue weighted by Crippen LogP contribution is 2.14. The Morgan fingerprint density at radius 2 is 2.00 bits per heavy atom. The Morgan fingerprint density at radius 3 is 2.57 bits per heavy atom. The number of hydrogen-bond acceptors (Lipinski definition) is 4. The van der Waals surface area contributed by atoms with E-state index in [2.05, 4.69) is 10.00 Å². The Hall–Kier alpha value is -2.14. The van der Waals surface area contributed by atoms with Crippen LogP contribution < -0.4 is 4.90 Å². The highest BCUT2D eigenvalue weighted by atomic mass is 16.5. The van der Waals surface area contributed by atoms with Crippen molar-refractivity contribution in [3.8, 4) is 0 Å². The summed E-state index contributed by atoms with van der Waals surface area (Å²) in [5.41, 5.74) is 2.82. The van der Waals surface area contributed by atoms with Gasteiger partial charge in [-0.15, -0.1) is 0 Å². The maximum absolute atomic E-state index is 12.5. The zero-order chi connectivity index (χ0) is 16.8. The van der Waals surface area contributed by atoms with Crippen LogP contribution in [-0.2, 0) is 4.74 Å². The molecule has 0 saturated carbocycles. The molecule has 0 fully saturated rings. The van der Waals surface area contributed by atoms with Crippen LogP contribution in [0, 0.1) is 13.8 Å². The maximum atomic E-state index is 12.5. The largest absolute Gasteiger partial charge is 0.376 e. The normalized spacial score (nSPS) is 12.2. The number of anilines is 1. The lowest BCUT2D eigenvalue weighted by Gasteiger charge is -2.25. The Labute approximate surface area is 137 Å². The van der Waals surface area contributed by atoms with Crippen molar-refractivity contribution in [2.45, 2.75) is 33.3 Å². The molecule has 0 aliphatic carbocycles. The zero-order valence-electron chi connectivity index (χ0n) is 14.3. The Morgan fingerprint density at radius 1 is 1.30 bits per heavy atom. The summed E-state index contributed by atoms with van der Waals surface area (Å²) in [5.74, 6) is -0.0319. The summed E-state index contributed by atoms with van der Waals surface area (Å²) in [6, 6.07) is 12.0. The minimum atomic E-state index is -0.165. The van der Waals surface area contributed by atoms with E-state index in [0.717, 1.165) is 17.1 Å². The molecular weight excluding hydrogens is 290 g/mol. The van der Waals surface area contributed by atoms with Crippen LogP contribution in [-0.4, -0.2) is 42.0 Å². The van der Waals surface area contributed by atoms with Crippen molar-refractivity contribution in [1.82, 2.24) is 9.78 Å². The standard InChI is InChI=1S/C18H25N3O2/c1-5-23-17(13-20(4)16-9-7-6-8-10-16)12-18(22)21-15(3)11-14(2)19-21/h6-11,17H,5,12-13H2,1-4H3/t17-/m0/s1. The van der Waals surface area contributed by atoms with Gasteiger partial charge < -0.3 is 9.64 Å². The SMILES string of the molecule is CCO[C@@H](CC(=O)n1nc(C)cc1C)CN(C)c1ccccc1. The molecule has 1 heterocycles. The summed E-state index contributed by atoms with van der Waals surface area (Å²) < 4.78 is 7.25. The number of aromatic nitrogens is 2. The number of benzene rings is 1. The van der Waals surface area contributed by atoms with Gasteiger partial charge in [-0.25, -0.2) is 4.68 Å². The molecule has 1 aromatic carbocycles. The van der Waals surface area contributed by atoms with Crippen molar-refractivity contribution in [3.05, 3.63) is 47.8 Å². The summed E-state index contributed by atoms with van der Waals surface area (Å²) in [6.45, 7) is 6.97. The van der Waals surface area contributed by atoms with E-state index in [0.29, 0.717) is 19.6 Å². The van der Waals surface area contributed by atoms with Crippen molar-refractivity contribution < 1.29 is 9.53 Å². The minimum absolute atomic E-state index is 0.0319. The molecule has 0 radical (unpaired) electrons. The van der Waals surface area contributed by atoms with Crippen LogP contribution >= 0.6 is 0 Å². The molecule has 23 heavy (non-hydrogen) atoms. The number of ether oxygens (including phenoxy) is 1. The molecule has 0 bridgehead atoms. The minimum Gasteiger partial charge on any atom is -0.376 e. The number of rotatable bonds is 7. The molecule has 5 nitrogen and oxygen atoms in total. The second-order valence-electron chi connectivity index (χ2n) is 5.73. The molecule has 5 heteroatoms. The van der Waals surface area contributed by atoms with Crippen LogP contribution in [0.4, 0.5) is 5.69 Å². The van der Waals surface area contributed by atoms with E-state index in [9.17, 15) is 4.79 Å². The zero-order valence-corrected chi connectivity index (χ0v) is 14.3. The quantitative estimate of drug-likeness (QED) is 0.788. The molecule has 0 amide bonds. The van der Waals surface area contributed by atoms with E-state index in [1.54, 1.807) is 0 Å². The van der Waals surface area contributed by atoms with E-state index in [1.165, 1.54) is 4.68 Å². The van der Waals surface area contributed by atoms with Crippen LogP contribution in [0.3, 0.4) is 0 Å². The number of nitrogens with zero attached hydrogens (tertiary/aromatic N) is 3. The van der Waals surface area contributed by atoms with E-state index in [1.807, 2.05) is 64.2 Å². The molecule has 1 aromatic heterocycles. The van der Waals surface area contributed by atoms with Crippen LogP contribution in [0.5, 0.6) is 0 Å². The van der Waals surface area contributed by atoms with Crippen LogP contribution in [0.2, 0.25) is 0 Å². The van der Waals surface area contributed by atoms with Gasteiger partial charge in [-0.1, -0.05) is 18.2 Å².